The van der Waals surface area contributed by atoms with Gasteiger partial charge in [-0.05, 0) is 50.1 Å². The van der Waals surface area contributed by atoms with Crippen LogP contribution in [-0.2, 0) is 0 Å². The lowest BCUT2D eigenvalue weighted by atomic mass is 10.2. The van der Waals surface area contributed by atoms with Crippen molar-refractivity contribution in [3.8, 4) is 0 Å². The quantitative estimate of drug-likeness (QED) is 0.446. The summed E-state index contributed by atoms with van der Waals surface area (Å²) in [6.45, 7) is 0. The van der Waals surface area contributed by atoms with Crippen LogP contribution in [0.5, 0.6) is 0 Å². The lowest BCUT2D eigenvalue weighted by Crippen LogP contribution is -1.90. The van der Waals surface area contributed by atoms with Crippen molar-refractivity contribution in [1.82, 2.24) is 0 Å². The molecule has 2 nitrogen and oxygen atoms in total. The summed E-state index contributed by atoms with van der Waals surface area (Å²) in [7, 11) is 0. The number of nitrogens with one attached hydrogen (secondary N) is 2. The molecule has 0 fully saturated rings. The monoisotopic (exact) mass is 390 g/mol. The first kappa shape index (κ1) is 11.7. The van der Waals surface area contributed by atoms with Crippen molar-refractivity contribution in [2.45, 2.75) is 0 Å². The van der Waals surface area contributed by atoms with E-state index in [0.717, 1.165) is 15.7 Å². The molecular formula is C7H6BrClIN2P. The number of halogens is 3. The van der Waals surface area contributed by atoms with Crippen LogP contribution in [-0.4, -0.2) is 6.21 Å². The third kappa shape index (κ3) is 3.05. The fourth-order valence-corrected chi connectivity index (χ4v) is 2.55. The van der Waals surface area contributed by atoms with E-state index in [-0.39, 0.29) is 0 Å². The minimum absolute atomic E-state index is 0.581. The second-order valence-electron chi connectivity index (χ2n) is 2.22. The number of hydrogen-bond donors (Lipinski definition) is 2. The standard InChI is InChI=1S/C7H6BrClIN2P/c8-5-2-7(12-13-10)4(3-11)1-6(5)9/h1-3,11-13H. The van der Waals surface area contributed by atoms with E-state index >= 15 is 0 Å². The highest BCUT2D eigenvalue weighted by Crippen LogP contribution is 2.32. The molecule has 6 heteroatoms. The van der Waals surface area contributed by atoms with Crippen molar-refractivity contribution >= 4 is 67.8 Å². The average Bonchev–Trinajstić information content (AvgIpc) is 2.11. The fourth-order valence-electron chi connectivity index (χ4n) is 0.841. The molecule has 0 spiro atoms. The summed E-state index contributed by atoms with van der Waals surface area (Å²) in [6, 6.07) is 3.64. The van der Waals surface area contributed by atoms with E-state index in [1.807, 2.05) is 6.07 Å². The Morgan fingerprint density at radius 2 is 2.31 bits per heavy atom. The summed E-state index contributed by atoms with van der Waals surface area (Å²) in [5.41, 5.74) is 1.73. The highest BCUT2D eigenvalue weighted by Gasteiger charge is 2.04. The van der Waals surface area contributed by atoms with Gasteiger partial charge in [-0.3, -0.25) is 0 Å². The van der Waals surface area contributed by atoms with Gasteiger partial charge in [0.05, 0.1) is 5.02 Å². The summed E-state index contributed by atoms with van der Waals surface area (Å²) in [5.74, 6) is 0. The van der Waals surface area contributed by atoms with Crippen LogP contribution in [0.2, 0.25) is 5.02 Å². The summed E-state index contributed by atoms with van der Waals surface area (Å²) < 4.78 is 0.844. The number of rotatable bonds is 3. The van der Waals surface area contributed by atoms with Gasteiger partial charge in [0.25, 0.3) is 0 Å². The van der Waals surface area contributed by atoms with E-state index < -0.39 is 0 Å². The molecule has 1 aromatic carbocycles. The van der Waals surface area contributed by atoms with E-state index in [0.29, 0.717) is 11.4 Å². The maximum atomic E-state index is 7.19. The molecule has 2 N–H and O–H groups in total. The molecule has 0 bridgehead atoms. The van der Waals surface area contributed by atoms with E-state index in [2.05, 4.69) is 43.1 Å². The van der Waals surface area contributed by atoms with Gasteiger partial charge in [0.1, 0.15) is 0 Å². The smallest absolute Gasteiger partial charge is 0.0556 e. The zero-order valence-electron chi connectivity index (χ0n) is 6.37. The third-order valence-electron chi connectivity index (χ3n) is 1.43. The van der Waals surface area contributed by atoms with Crippen LogP contribution >= 0.6 is 55.9 Å². The zero-order chi connectivity index (χ0) is 9.84. The van der Waals surface area contributed by atoms with Gasteiger partial charge in [0.2, 0.25) is 0 Å². The van der Waals surface area contributed by atoms with Gasteiger partial charge in [-0.2, -0.15) is 0 Å². The van der Waals surface area contributed by atoms with Gasteiger partial charge >= 0.3 is 0 Å². The second kappa shape index (κ2) is 5.49. The molecule has 0 saturated carbocycles. The Morgan fingerprint density at radius 1 is 1.62 bits per heavy atom. The Labute approximate surface area is 105 Å². The van der Waals surface area contributed by atoms with Crippen LogP contribution in [0.1, 0.15) is 5.56 Å². The summed E-state index contributed by atoms with van der Waals surface area (Å²) >= 11 is 11.5. The molecule has 0 heterocycles. The molecule has 1 rings (SSSR count). The number of benzene rings is 1. The van der Waals surface area contributed by atoms with Crippen LogP contribution in [0.3, 0.4) is 0 Å². The molecule has 0 saturated heterocycles. The van der Waals surface area contributed by atoms with Gasteiger partial charge in [-0.15, -0.1) is 0 Å². The van der Waals surface area contributed by atoms with E-state index in [1.165, 1.54) is 6.21 Å². The molecule has 13 heavy (non-hydrogen) atoms. The van der Waals surface area contributed by atoms with Crippen molar-refractivity contribution in [3.63, 3.8) is 0 Å². The average molecular weight is 391 g/mol. The van der Waals surface area contributed by atoms with Crippen molar-refractivity contribution in [1.29, 1.82) is 5.41 Å². The van der Waals surface area contributed by atoms with Crippen LogP contribution in [0, 0.1) is 5.41 Å². The Morgan fingerprint density at radius 3 is 2.85 bits per heavy atom. The molecule has 0 aliphatic heterocycles. The lowest BCUT2D eigenvalue weighted by molar-refractivity contribution is 1.53. The number of anilines is 1. The molecule has 0 aliphatic carbocycles. The molecule has 70 valence electrons. The first-order valence-electron chi connectivity index (χ1n) is 3.30. The van der Waals surface area contributed by atoms with Crippen LogP contribution < -0.4 is 5.09 Å². The van der Waals surface area contributed by atoms with E-state index in [1.54, 1.807) is 6.07 Å². The molecule has 0 amide bonds. The van der Waals surface area contributed by atoms with Crippen LogP contribution in [0.15, 0.2) is 16.6 Å². The Kier molecular flexibility index (Phi) is 4.94. The molecule has 1 atom stereocenters. The Balaban J connectivity index is 3.16. The van der Waals surface area contributed by atoms with Crippen molar-refractivity contribution in [2.75, 3.05) is 5.09 Å². The normalized spacial score (nSPS) is 10.7. The Hall–Kier alpha value is 0.620. The molecule has 1 unspecified atom stereocenters. The van der Waals surface area contributed by atoms with Gasteiger partial charge in [0, 0.05) is 28.3 Å². The maximum Gasteiger partial charge on any atom is 0.0556 e. The molecule has 0 radical (unpaired) electrons. The van der Waals surface area contributed by atoms with Crippen molar-refractivity contribution < 1.29 is 0 Å². The predicted molar refractivity (Wildman–Crippen MR) is 73.0 cm³/mol. The summed E-state index contributed by atoms with van der Waals surface area (Å²) in [6.07, 6.45) is 1.87. The highest BCUT2D eigenvalue weighted by molar-refractivity contribution is 14.2. The van der Waals surface area contributed by atoms with Crippen LogP contribution in [0.25, 0.3) is 0 Å². The van der Waals surface area contributed by atoms with Crippen molar-refractivity contribution in [2.24, 2.45) is 0 Å². The molecule has 0 aromatic heterocycles. The predicted octanol–water partition coefficient (Wildman–Crippen LogP) is 4.46. The molecule has 1 aromatic rings. The van der Waals surface area contributed by atoms with Crippen LogP contribution in [0.4, 0.5) is 5.69 Å². The molecular weight excluding hydrogens is 385 g/mol. The topological polar surface area (TPSA) is 35.9 Å². The Bertz CT molecular complexity index is 335. The summed E-state index contributed by atoms with van der Waals surface area (Å²) in [4.78, 5) is 0. The lowest BCUT2D eigenvalue weighted by Gasteiger charge is -2.07. The van der Waals surface area contributed by atoms with E-state index in [4.69, 9.17) is 17.0 Å². The van der Waals surface area contributed by atoms with E-state index in [9.17, 15) is 0 Å². The minimum atomic E-state index is 0.581. The first-order valence-corrected chi connectivity index (χ1v) is 8.58. The van der Waals surface area contributed by atoms with Gasteiger partial charge in [-0.1, -0.05) is 11.6 Å². The maximum absolute atomic E-state index is 7.19. The largest absolute Gasteiger partial charge is 0.358 e. The van der Waals surface area contributed by atoms with Gasteiger partial charge in [0.15, 0.2) is 0 Å². The minimum Gasteiger partial charge on any atom is -0.358 e. The highest BCUT2D eigenvalue weighted by atomic mass is 127. The fraction of sp³-hybridized carbons (Fsp3) is 0. The second-order valence-corrected chi connectivity index (χ2v) is 5.54. The van der Waals surface area contributed by atoms with Crippen molar-refractivity contribution in [3.05, 3.63) is 27.2 Å². The number of hydrogen-bond acceptors (Lipinski definition) is 2. The third-order valence-corrected chi connectivity index (χ3v) is 3.80. The summed E-state index contributed by atoms with van der Waals surface area (Å²) in [5, 5.41) is 11.0. The zero-order valence-corrected chi connectivity index (χ0v) is 11.9. The van der Waals surface area contributed by atoms with Gasteiger partial charge in [-0.25, -0.2) is 0 Å². The SMILES string of the molecule is N=Cc1cc(Cl)c(Br)cc1NPI. The first-order chi connectivity index (χ1) is 6.19. The molecule has 0 aliphatic rings. The van der Waals surface area contributed by atoms with Gasteiger partial charge < -0.3 is 10.5 Å².